The average Bonchev–Trinajstić information content (AvgIpc) is 3.62. The summed E-state index contributed by atoms with van der Waals surface area (Å²) in [6.45, 7) is 4.16. The molecule has 2 N–H and O–H groups in total. The number of anilines is 3. The lowest BCUT2D eigenvalue weighted by atomic mass is 9.97. The van der Waals surface area contributed by atoms with E-state index in [0.29, 0.717) is 23.6 Å². The quantitative estimate of drug-likeness (QED) is 0.474. The van der Waals surface area contributed by atoms with Gasteiger partial charge in [0.05, 0.1) is 10.5 Å². The Hall–Kier alpha value is -2.70. The van der Waals surface area contributed by atoms with Crippen LogP contribution in [0.2, 0.25) is 5.02 Å². The number of nitrogens with one attached hydrogen (secondary N) is 2. The normalized spacial score (nSPS) is 17.8. The molecule has 5 nitrogen and oxygen atoms in total. The summed E-state index contributed by atoms with van der Waals surface area (Å²) in [4.78, 5) is 12.0. The number of para-hydroxylation sites is 1. The van der Waals surface area contributed by atoms with E-state index in [9.17, 15) is 4.39 Å². The molecule has 166 valence electrons. The third kappa shape index (κ3) is 4.43. The topological polar surface area (TPSA) is 53.1 Å². The van der Waals surface area contributed by atoms with Gasteiger partial charge in [0.1, 0.15) is 11.6 Å². The van der Waals surface area contributed by atoms with Crippen LogP contribution in [0.3, 0.4) is 0 Å². The van der Waals surface area contributed by atoms with Crippen molar-refractivity contribution in [3.8, 4) is 0 Å². The average molecular weight is 452 g/mol. The summed E-state index contributed by atoms with van der Waals surface area (Å²) >= 11 is 5.98. The van der Waals surface area contributed by atoms with Crippen LogP contribution < -0.4 is 10.6 Å². The highest BCUT2D eigenvalue weighted by atomic mass is 35.5. The number of likely N-dealkylation sites (N-methyl/N-ethyl adjacent to an activating group) is 1. The van der Waals surface area contributed by atoms with Gasteiger partial charge >= 0.3 is 0 Å². The largest absolute Gasteiger partial charge is 0.367 e. The van der Waals surface area contributed by atoms with Gasteiger partial charge in [-0.2, -0.15) is 4.98 Å². The van der Waals surface area contributed by atoms with Crippen molar-refractivity contribution >= 4 is 45.5 Å². The summed E-state index contributed by atoms with van der Waals surface area (Å²) in [5.41, 5.74) is 4.01. The number of benzene rings is 2. The predicted molar refractivity (Wildman–Crippen MR) is 130 cm³/mol. The highest BCUT2D eigenvalue weighted by Crippen LogP contribution is 2.36. The van der Waals surface area contributed by atoms with E-state index >= 15 is 0 Å². The first-order valence-corrected chi connectivity index (χ1v) is 11.5. The zero-order valence-corrected chi connectivity index (χ0v) is 19.1. The molecule has 2 aliphatic rings. The molecule has 2 heterocycles. The molecule has 0 saturated heterocycles. The standard InChI is InChI=1S/C25H27ClFN5/c1-15(16-6-7-16)28-24-20-5-3-4-19(17-10-12-32(2)13-11-17)23(20)30-25(31-24)29-18-8-9-22(27)21(26)14-18/h3-5,8-10,14-16H,6-7,11-13H2,1-2H3,(H2,28,29,30,31). The van der Waals surface area contributed by atoms with Gasteiger partial charge in [0.2, 0.25) is 5.95 Å². The molecule has 2 aromatic carbocycles. The molecule has 1 aliphatic heterocycles. The van der Waals surface area contributed by atoms with Crippen LogP contribution in [0, 0.1) is 11.7 Å². The van der Waals surface area contributed by atoms with Gasteiger partial charge in [0, 0.05) is 35.8 Å². The van der Waals surface area contributed by atoms with Crippen LogP contribution in [0.25, 0.3) is 16.5 Å². The third-order valence-corrected chi connectivity index (χ3v) is 6.64. The van der Waals surface area contributed by atoms with Gasteiger partial charge in [-0.05, 0) is 69.0 Å². The Morgan fingerprint density at radius 2 is 2.03 bits per heavy atom. The van der Waals surface area contributed by atoms with Gasteiger partial charge in [0.15, 0.2) is 0 Å². The minimum atomic E-state index is -0.450. The van der Waals surface area contributed by atoms with Crippen molar-refractivity contribution in [2.75, 3.05) is 30.8 Å². The number of nitrogens with zero attached hydrogens (tertiary/aromatic N) is 3. The summed E-state index contributed by atoms with van der Waals surface area (Å²) in [6.07, 6.45) is 5.77. The number of halogens is 2. The van der Waals surface area contributed by atoms with E-state index in [1.807, 2.05) is 0 Å². The van der Waals surface area contributed by atoms with E-state index in [1.165, 1.54) is 24.5 Å². The maximum Gasteiger partial charge on any atom is 0.229 e. The van der Waals surface area contributed by atoms with Gasteiger partial charge in [-0.1, -0.05) is 29.8 Å². The SMILES string of the molecule is CC(Nc1nc(Nc2ccc(F)c(Cl)c2)nc2c(C3=CCN(C)CC3)cccc12)C1CC1. The van der Waals surface area contributed by atoms with E-state index in [1.54, 1.807) is 12.1 Å². The first-order valence-electron chi connectivity index (χ1n) is 11.2. The van der Waals surface area contributed by atoms with E-state index in [0.717, 1.165) is 41.8 Å². The molecule has 0 bridgehead atoms. The van der Waals surface area contributed by atoms with Gasteiger partial charge in [0.25, 0.3) is 0 Å². The second-order valence-corrected chi connectivity index (χ2v) is 9.27. The van der Waals surface area contributed by atoms with Crippen molar-refractivity contribution in [2.45, 2.75) is 32.2 Å². The van der Waals surface area contributed by atoms with E-state index < -0.39 is 5.82 Å². The third-order valence-electron chi connectivity index (χ3n) is 6.35. The van der Waals surface area contributed by atoms with Gasteiger partial charge in [-0.15, -0.1) is 0 Å². The second kappa shape index (κ2) is 8.68. The van der Waals surface area contributed by atoms with Crippen LogP contribution in [-0.4, -0.2) is 41.0 Å². The monoisotopic (exact) mass is 451 g/mol. The number of aromatic nitrogens is 2. The van der Waals surface area contributed by atoms with Gasteiger partial charge < -0.3 is 15.5 Å². The minimum Gasteiger partial charge on any atom is -0.367 e. The summed E-state index contributed by atoms with van der Waals surface area (Å²) in [5.74, 6) is 1.52. The Balaban J connectivity index is 1.59. The van der Waals surface area contributed by atoms with Crippen LogP contribution in [0.5, 0.6) is 0 Å². The van der Waals surface area contributed by atoms with Gasteiger partial charge in [-0.3, -0.25) is 0 Å². The molecular weight excluding hydrogens is 425 g/mol. The molecule has 0 amide bonds. The molecule has 1 unspecified atom stereocenters. The minimum absolute atomic E-state index is 0.0636. The fraction of sp³-hybridized carbons (Fsp3) is 0.360. The smallest absolute Gasteiger partial charge is 0.229 e. The zero-order valence-electron chi connectivity index (χ0n) is 18.3. The maximum atomic E-state index is 13.6. The fourth-order valence-corrected chi connectivity index (χ4v) is 4.41. The van der Waals surface area contributed by atoms with Crippen molar-refractivity contribution in [1.82, 2.24) is 14.9 Å². The molecule has 1 fully saturated rings. The van der Waals surface area contributed by atoms with Crippen molar-refractivity contribution in [3.05, 3.63) is 58.9 Å². The van der Waals surface area contributed by atoms with Crippen LogP contribution in [0.15, 0.2) is 42.5 Å². The van der Waals surface area contributed by atoms with E-state index in [2.05, 4.69) is 53.8 Å². The van der Waals surface area contributed by atoms with Crippen molar-refractivity contribution in [3.63, 3.8) is 0 Å². The maximum absolute atomic E-state index is 13.6. The van der Waals surface area contributed by atoms with Crippen LogP contribution in [-0.2, 0) is 0 Å². The first kappa shape index (κ1) is 21.2. The lowest BCUT2D eigenvalue weighted by molar-refractivity contribution is 0.370. The van der Waals surface area contributed by atoms with Crippen molar-refractivity contribution < 1.29 is 4.39 Å². The summed E-state index contributed by atoms with van der Waals surface area (Å²) in [7, 11) is 2.13. The Morgan fingerprint density at radius 1 is 1.19 bits per heavy atom. The van der Waals surface area contributed by atoms with Crippen LogP contribution in [0.4, 0.5) is 21.8 Å². The Bertz CT molecular complexity index is 1190. The zero-order chi connectivity index (χ0) is 22.2. The van der Waals surface area contributed by atoms with Gasteiger partial charge in [-0.25, -0.2) is 9.37 Å². The molecule has 0 spiro atoms. The molecule has 1 aliphatic carbocycles. The van der Waals surface area contributed by atoms with E-state index in [-0.39, 0.29) is 5.02 Å². The molecule has 32 heavy (non-hydrogen) atoms. The molecule has 1 aromatic heterocycles. The first-order chi connectivity index (χ1) is 15.5. The summed E-state index contributed by atoms with van der Waals surface area (Å²) in [6, 6.07) is 11.2. The highest BCUT2D eigenvalue weighted by Gasteiger charge is 2.28. The molecule has 0 radical (unpaired) electrons. The summed E-state index contributed by atoms with van der Waals surface area (Å²) in [5, 5.41) is 7.92. The second-order valence-electron chi connectivity index (χ2n) is 8.86. The van der Waals surface area contributed by atoms with Crippen LogP contribution >= 0.6 is 11.6 Å². The Labute approximate surface area is 192 Å². The number of hydrogen-bond acceptors (Lipinski definition) is 5. The fourth-order valence-electron chi connectivity index (χ4n) is 4.23. The van der Waals surface area contributed by atoms with Crippen molar-refractivity contribution in [1.29, 1.82) is 0 Å². The molecule has 1 atom stereocenters. The molecular formula is C25H27ClFN5. The lowest BCUT2D eigenvalue weighted by Gasteiger charge is -2.23. The number of fused-ring (bicyclic) bond motifs is 1. The Morgan fingerprint density at radius 3 is 2.75 bits per heavy atom. The highest BCUT2D eigenvalue weighted by molar-refractivity contribution is 6.31. The van der Waals surface area contributed by atoms with E-state index in [4.69, 9.17) is 21.6 Å². The molecule has 3 aromatic rings. The molecule has 7 heteroatoms. The van der Waals surface area contributed by atoms with Crippen molar-refractivity contribution in [2.24, 2.45) is 5.92 Å². The molecule has 1 saturated carbocycles. The Kier molecular flexibility index (Phi) is 5.74. The lowest BCUT2D eigenvalue weighted by Crippen LogP contribution is -2.23. The molecule has 5 rings (SSSR count). The number of hydrogen-bond donors (Lipinski definition) is 2. The van der Waals surface area contributed by atoms with Crippen LogP contribution in [0.1, 0.15) is 31.7 Å². The summed E-state index contributed by atoms with van der Waals surface area (Å²) < 4.78 is 13.6. The number of rotatable bonds is 6. The predicted octanol–water partition coefficient (Wildman–Crippen LogP) is 6.10.